The number of hydrogen-bond acceptors (Lipinski definition) is 4. The van der Waals surface area contributed by atoms with Crippen LogP contribution in [0, 0.1) is 5.82 Å². The van der Waals surface area contributed by atoms with Crippen LogP contribution in [0.1, 0.15) is 25.5 Å². The maximum Gasteiger partial charge on any atom is 0.226 e. The molecule has 1 aromatic heterocycles. The zero-order chi connectivity index (χ0) is 18.2. The lowest BCUT2D eigenvalue weighted by Gasteiger charge is -2.12. The van der Waals surface area contributed by atoms with Crippen molar-refractivity contribution >= 4 is 5.96 Å². The summed E-state index contributed by atoms with van der Waals surface area (Å²) in [5.74, 6) is 1.01. The molecule has 1 atom stereocenters. The highest BCUT2D eigenvalue weighted by molar-refractivity contribution is 5.79. The van der Waals surface area contributed by atoms with Gasteiger partial charge in [-0.2, -0.15) is 0 Å². The molecule has 140 valence electrons. The van der Waals surface area contributed by atoms with Crippen molar-refractivity contribution < 1.29 is 13.5 Å². The summed E-state index contributed by atoms with van der Waals surface area (Å²) in [5.41, 5.74) is 1.60. The molecule has 2 aromatic rings. The third kappa shape index (κ3) is 5.29. The molecule has 1 fully saturated rings. The number of nitrogens with one attached hydrogen (secondary N) is 2. The zero-order valence-electron chi connectivity index (χ0n) is 15.0. The molecule has 0 spiro atoms. The van der Waals surface area contributed by atoms with Gasteiger partial charge in [-0.15, -0.1) is 0 Å². The van der Waals surface area contributed by atoms with Crippen LogP contribution < -0.4 is 10.6 Å². The van der Waals surface area contributed by atoms with E-state index >= 15 is 0 Å². The topological polar surface area (TPSA) is 71.7 Å². The molecule has 2 heterocycles. The van der Waals surface area contributed by atoms with Crippen molar-refractivity contribution in [1.29, 1.82) is 0 Å². The first-order valence-corrected chi connectivity index (χ1v) is 9.08. The Kier molecular flexibility index (Phi) is 6.60. The number of guanidine groups is 1. The SMILES string of the molecule is CCNC(=NCC1CCCO1)NCCc1coc(-c2ccc(F)cc2)n1. The Morgan fingerprint density at radius 1 is 1.31 bits per heavy atom. The molecular weight excluding hydrogens is 335 g/mol. The van der Waals surface area contributed by atoms with Crippen LogP contribution in [0.4, 0.5) is 4.39 Å². The Morgan fingerprint density at radius 2 is 2.15 bits per heavy atom. The molecule has 0 aliphatic carbocycles. The highest BCUT2D eigenvalue weighted by atomic mass is 19.1. The minimum absolute atomic E-state index is 0.235. The molecule has 1 aliphatic rings. The van der Waals surface area contributed by atoms with Crippen LogP contribution in [0.5, 0.6) is 0 Å². The smallest absolute Gasteiger partial charge is 0.226 e. The van der Waals surface area contributed by atoms with Gasteiger partial charge in [0, 0.05) is 31.7 Å². The molecular formula is C19H25FN4O2. The fourth-order valence-electron chi connectivity index (χ4n) is 2.78. The van der Waals surface area contributed by atoms with Gasteiger partial charge in [0.25, 0.3) is 0 Å². The monoisotopic (exact) mass is 360 g/mol. The summed E-state index contributed by atoms with van der Waals surface area (Å²) in [5, 5.41) is 6.53. The van der Waals surface area contributed by atoms with Crippen molar-refractivity contribution in [3.05, 3.63) is 42.0 Å². The molecule has 0 radical (unpaired) electrons. The van der Waals surface area contributed by atoms with E-state index in [1.807, 2.05) is 6.92 Å². The van der Waals surface area contributed by atoms with Gasteiger partial charge in [-0.3, -0.25) is 4.99 Å². The van der Waals surface area contributed by atoms with Gasteiger partial charge in [-0.05, 0) is 44.0 Å². The van der Waals surface area contributed by atoms with Crippen LogP contribution in [-0.4, -0.2) is 43.3 Å². The van der Waals surface area contributed by atoms with Crippen LogP contribution in [0.2, 0.25) is 0 Å². The summed E-state index contributed by atoms with van der Waals surface area (Å²) < 4.78 is 24.1. The van der Waals surface area contributed by atoms with Gasteiger partial charge >= 0.3 is 0 Å². The lowest BCUT2D eigenvalue weighted by molar-refractivity contribution is 0.117. The maximum atomic E-state index is 13.0. The Hall–Kier alpha value is -2.41. The number of halogens is 1. The molecule has 1 aromatic carbocycles. The molecule has 26 heavy (non-hydrogen) atoms. The Morgan fingerprint density at radius 3 is 2.88 bits per heavy atom. The van der Waals surface area contributed by atoms with E-state index in [1.165, 1.54) is 12.1 Å². The molecule has 3 rings (SSSR count). The number of rotatable bonds is 7. The number of hydrogen-bond donors (Lipinski definition) is 2. The molecule has 1 aliphatic heterocycles. The second-order valence-corrected chi connectivity index (χ2v) is 6.18. The summed E-state index contributed by atoms with van der Waals surface area (Å²) in [4.78, 5) is 9.03. The lowest BCUT2D eigenvalue weighted by Crippen LogP contribution is -2.39. The lowest BCUT2D eigenvalue weighted by atomic mass is 10.2. The van der Waals surface area contributed by atoms with E-state index in [0.717, 1.165) is 43.2 Å². The van der Waals surface area contributed by atoms with E-state index in [-0.39, 0.29) is 11.9 Å². The van der Waals surface area contributed by atoms with Crippen molar-refractivity contribution in [3.63, 3.8) is 0 Å². The highest BCUT2D eigenvalue weighted by Gasteiger charge is 2.15. The van der Waals surface area contributed by atoms with Gasteiger partial charge in [0.15, 0.2) is 5.96 Å². The van der Waals surface area contributed by atoms with Crippen molar-refractivity contribution in [2.75, 3.05) is 26.2 Å². The van der Waals surface area contributed by atoms with Crippen molar-refractivity contribution in [1.82, 2.24) is 15.6 Å². The van der Waals surface area contributed by atoms with E-state index in [1.54, 1.807) is 18.4 Å². The number of benzene rings is 1. The molecule has 0 saturated carbocycles. The molecule has 1 saturated heterocycles. The van der Waals surface area contributed by atoms with Gasteiger partial charge in [-0.25, -0.2) is 9.37 Å². The van der Waals surface area contributed by atoms with Crippen LogP contribution in [-0.2, 0) is 11.2 Å². The maximum absolute atomic E-state index is 13.0. The van der Waals surface area contributed by atoms with E-state index < -0.39 is 0 Å². The molecule has 1 unspecified atom stereocenters. The minimum atomic E-state index is -0.275. The highest BCUT2D eigenvalue weighted by Crippen LogP contribution is 2.19. The molecule has 7 heteroatoms. The Labute approximate surface area is 152 Å². The summed E-state index contributed by atoms with van der Waals surface area (Å²) in [6.45, 7) is 5.04. The van der Waals surface area contributed by atoms with Gasteiger partial charge in [0.05, 0.1) is 18.3 Å². The minimum Gasteiger partial charge on any atom is -0.444 e. The van der Waals surface area contributed by atoms with Gasteiger partial charge in [0.2, 0.25) is 5.89 Å². The van der Waals surface area contributed by atoms with Crippen molar-refractivity contribution in [2.24, 2.45) is 4.99 Å². The number of oxazole rings is 1. The zero-order valence-corrected chi connectivity index (χ0v) is 15.0. The number of ether oxygens (including phenoxy) is 1. The molecule has 0 amide bonds. The summed E-state index contributed by atoms with van der Waals surface area (Å²) >= 11 is 0. The molecule has 2 N–H and O–H groups in total. The average Bonchev–Trinajstić information content (AvgIpc) is 3.32. The van der Waals surface area contributed by atoms with Crippen LogP contribution >= 0.6 is 0 Å². The van der Waals surface area contributed by atoms with Gasteiger partial charge in [0.1, 0.15) is 12.1 Å². The summed E-state index contributed by atoms with van der Waals surface area (Å²) in [6, 6.07) is 6.11. The molecule has 0 bridgehead atoms. The first-order valence-electron chi connectivity index (χ1n) is 9.08. The Balaban J connectivity index is 1.49. The normalized spacial score (nSPS) is 17.5. The van der Waals surface area contributed by atoms with Gasteiger partial charge in [-0.1, -0.05) is 0 Å². The largest absolute Gasteiger partial charge is 0.444 e. The average molecular weight is 360 g/mol. The Bertz CT molecular complexity index is 709. The number of aliphatic imine (C=N–C) groups is 1. The summed E-state index contributed by atoms with van der Waals surface area (Å²) in [6.07, 6.45) is 4.77. The fraction of sp³-hybridized carbons (Fsp3) is 0.474. The van der Waals surface area contributed by atoms with Crippen LogP contribution in [0.3, 0.4) is 0 Å². The van der Waals surface area contributed by atoms with Crippen molar-refractivity contribution in [3.8, 4) is 11.5 Å². The predicted molar refractivity (Wildman–Crippen MR) is 98.6 cm³/mol. The quantitative estimate of drug-likeness (QED) is 0.587. The number of aromatic nitrogens is 1. The third-order valence-electron chi connectivity index (χ3n) is 4.14. The predicted octanol–water partition coefficient (Wildman–Crippen LogP) is 2.76. The van der Waals surface area contributed by atoms with Gasteiger partial charge < -0.3 is 19.8 Å². The summed E-state index contributed by atoms with van der Waals surface area (Å²) in [7, 11) is 0. The standard InChI is InChI=1S/C19H25FN4O2/c1-2-21-19(23-12-17-4-3-11-25-17)22-10-9-16-13-26-18(24-16)14-5-7-15(20)8-6-14/h5-8,13,17H,2-4,9-12H2,1H3,(H2,21,22,23). The van der Waals surface area contributed by atoms with Crippen LogP contribution in [0.25, 0.3) is 11.5 Å². The number of nitrogens with zero attached hydrogens (tertiary/aromatic N) is 2. The van der Waals surface area contributed by atoms with E-state index in [0.29, 0.717) is 25.4 Å². The van der Waals surface area contributed by atoms with Crippen molar-refractivity contribution in [2.45, 2.75) is 32.3 Å². The van der Waals surface area contributed by atoms with E-state index in [4.69, 9.17) is 9.15 Å². The fourth-order valence-corrected chi connectivity index (χ4v) is 2.78. The van der Waals surface area contributed by atoms with E-state index in [2.05, 4.69) is 20.6 Å². The third-order valence-corrected chi connectivity index (χ3v) is 4.14. The second-order valence-electron chi connectivity index (χ2n) is 6.18. The van der Waals surface area contributed by atoms with E-state index in [9.17, 15) is 4.39 Å². The first kappa shape index (κ1) is 18.4. The molecule has 6 nitrogen and oxygen atoms in total. The van der Waals surface area contributed by atoms with Crippen LogP contribution in [0.15, 0.2) is 39.9 Å². The second kappa shape index (κ2) is 9.33. The first-order chi connectivity index (χ1) is 12.7.